The van der Waals surface area contributed by atoms with Gasteiger partial charge in [-0.1, -0.05) is 27.5 Å². The molecule has 5 heteroatoms. The summed E-state index contributed by atoms with van der Waals surface area (Å²) in [6, 6.07) is 9.66. The molecular weight excluding hydrogens is 307 g/mol. The molecule has 0 unspecified atom stereocenters. The van der Waals surface area contributed by atoms with Crippen LogP contribution in [-0.2, 0) is 0 Å². The summed E-state index contributed by atoms with van der Waals surface area (Å²) in [6.45, 7) is 0. The first-order valence-electron chi connectivity index (χ1n) is 4.83. The van der Waals surface area contributed by atoms with Crippen molar-refractivity contribution in [2.45, 2.75) is 0 Å². The van der Waals surface area contributed by atoms with Crippen LogP contribution in [-0.4, -0.2) is 0 Å². The molecule has 2 rings (SSSR count). The number of anilines is 3. The average Bonchev–Trinajstić information content (AvgIpc) is 2.27. The largest absolute Gasteiger partial charge is 0.399 e. The van der Waals surface area contributed by atoms with Crippen molar-refractivity contribution in [3.63, 3.8) is 0 Å². The van der Waals surface area contributed by atoms with Gasteiger partial charge < -0.3 is 11.1 Å². The Hall–Kier alpha value is -1.26. The number of rotatable bonds is 2. The fourth-order valence-electron chi connectivity index (χ4n) is 1.37. The maximum absolute atomic E-state index is 13.5. The summed E-state index contributed by atoms with van der Waals surface area (Å²) in [7, 11) is 0. The van der Waals surface area contributed by atoms with Crippen LogP contribution in [0.2, 0.25) is 5.02 Å². The lowest BCUT2D eigenvalue weighted by Gasteiger charge is -2.10. The van der Waals surface area contributed by atoms with E-state index in [1.165, 1.54) is 6.07 Å². The second-order valence-corrected chi connectivity index (χ2v) is 4.81. The van der Waals surface area contributed by atoms with Crippen LogP contribution < -0.4 is 11.1 Å². The molecule has 0 saturated heterocycles. The Bertz CT molecular complexity index is 560. The van der Waals surface area contributed by atoms with Crippen molar-refractivity contribution in [3.8, 4) is 0 Å². The molecule has 0 aliphatic carbocycles. The lowest BCUT2D eigenvalue weighted by atomic mass is 10.2. The van der Waals surface area contributed by atoms with Crippen LogP contribution in [0.25, 0.3) is 0 Å². The fraction of sp³-hybridized carbons (Fsp3) is 0. The molecule has 2 aromatic carbocycles. The minimum atomic E-state index is -0.346. The normalized spacial score (nSPS) is 10.3. The monoisotopic (exact) mass is 314 g/mol. The first kappa shape index (κ1) is 12.2. The second-order valence-electron chi connectivity index (χ2n) is 3.49. The van der Waals surface area contributed by atoms with Gasteiger partial charge in [0.25, 0.3) is 0 Å². The summed E-state index contributed by atoms with van der Waals surface area (Å²) < 4.78 is 14.3. The first-order chi connectivity index (χ1) is 8.06. The molecule has 0 fully saturated rings. The number of nitrogens with one attached hydrogen (secondary N) is 1. The maximum atomic E-state index is 13.5. The van der Waals surface area contributed by atoms with Crippen LogP contribution in [0.3, 0.4) is 0 Å². The zero-order chi connectivity index (χ0) is 12.4. The first-order valence-corrected chi connectivity index (χ1v) is 6.00. The average molecular weight is 316 g/mol. The summed E-state index contributed by atoms with van der Waals surface area (Å²) in [5.74, 6) is -0.346. The minimum absolute atomic E-state index is 0.346. The van der Waals surface area contributed by atoms with Crippen molar-refractivity contribution in [3.05, 3.63) is 51.7 Å². The molecule has 0 bridgehead atoms. The van der Waals surface area contributed by atoms with E-state index >= 15 is 0 Å². The number of hydrogen-bond acceptors (Lipinski definition) is 2. The quantitative estimate of drug-likeness (QED) is 0.797. The number of nitrogens with two attached hydrogens (primary N) is 1. The van der Waals surface area contributed by atoms with E-state index in [0.29, 0.717) is 22.1 Å². The molecule has 88 valence electrons. The van der Waals surface area contributed by atoms with Gasteiger partial charge in [-0.3, -0.25) is 0 Å². The van der Waals surface area contributed by atoms with Crippen LogP contribution in [0, 0.1) is 5.82 Å². The molecule has 0 amide bonds. The highest BCUT2D eigenvalue weighted by molar-refractivity contribution is 9.10. The highest BCUT2D eigenvalue weighted by Crippen LogP contribution is 2.29. The van der Waals surface area contributed by atoms with E-state index in [0.717, 1.165) is 4.47 Å². The Labute approximate surface area is 112 Å². The van der Waals surface area contributed by atoms with Gasteiger partial charge in [0.1, 0.15) is 5.82 Å². The zero-order valence-corrected chi connectivity index (χ0v) is 11.0. The predicted molar refractivity (Wildman–Crippen MR) is 73.2 cm³/mol. The van der Waals surface area contributed by atoms with Crippen molar-refractivity contribution in [1.29, 1.82) is 0 Å². The van der Waals surface area contributed by atoms with Gasteiger partial charge in [-0.05, 0) is 36.4 Å². The predicted octanol–water partition coefficient (Wildman–Crippen LogP) is 4.57. The van der Waals surface area contributed by atoms with Gasteiger partial charge in [0, 0.05) is 10.2 Å². The lowest BCUT2D eigenvalue weighted by molar-refractivity contribution is 0.631. The van der Waals surface area contributed by atoms with Crippen molar-refractivity contribution in [2.24, 2.45) is 0 Å². The van der Waals surface area contributed by atoms with E-state index in [-0.39, 0.29) is 5.82 Å². The zero-order valence-electron chi connectivity index (χ0n) is 8.68. The van der Waals surface area contributed by atoms with Crippen molar-refractivity contribution < 1.29 is 4.39 Å². The minimum Gasteiger partial charge on any atom is -0.399 e. The third-order valence-corrected chi connectivity index (χ3v) is 3.00. The van der Waals surface area contributed by atoms with E-state index in [4.69, 9.17) is 17.3 Å². The van der Waals surface area contributed by atoms with Gasteiger partial charge >= 0.3 is 0 Å². The van der Waals surface area contributed by atoms with E-state index in [1.807, 2.05) is 0 Å². The van der Waals surface area contributed by atoms with Gasteiger partial charge in [-0.2, -0.15) is 0 Å². The van der Waals surface area contributed by atoms with Crippen molar-refractivity contribution in [2.75, 3.05) is 11.1 Å². The Morgan fingerprint density at radius 2 is 1.88 bits per heavy atom. The fourth-order valence-corrected chi connectivity index (χ4v) is 1.97. The number of hydrogen-bond donors (Lipinski definition) is 2. The van der Waals surface area contributed by atoms with Crippen molar-refractivity contribution in [1.82, 2.24) is 0 Å². The highest BCUT2D eigenvalue weighted by atomic mass is 79.9. The van der Waals surface area contributed by atoms with Crippen LogP contribution in [0.15, 0.2) is 40.9 Å². The molecule has 3 N–H and O–H groups in total. The summed E-state index contributed by atoms with van der Waals surface area (Å²) >= 11 is 9.28. The van der Waals surface area contributed by atoms with Gasteiger partial charge in [-0.25, -0.2) is 4.39 Å². The van der Waals surface area contributed by atoms with Gasteiger partial charge in [0.15, 0.2) is 0 Å². The van der Waals surface area contributed by atoms with Crippen LogP contribution in [0.4, 0.5) is 21.5 Å². The van der Waals surface area contributed by atoms with Crippen molar-refractivity contribution >= 4 is 44.6 Å². The Morgan fingerprint density at radius 1 is 1.12 bits per heavy atom. The Kier molecular flexibility index (Phi) is 3.54. The SMILES string of the molecule is Nc1ccc(Nc2cc(Br)ccc2F)c(Cl)c1. The molecule has 17 heavy (non-hydrogen) atoms. The highest BCUT2D eigenvalue weighted by Gasteiger charge is 2.06. The molecule has 0 atom stereocenters. The molecular formula is C12H9BrClFN2. The third kappa shape index (κ3) is 2.90. The van der Waals surface area contributed by atoms with Gasteiger partial charge in [0.05, 0.1) is 16.4 Å². The topological polar surface area (TPSA) is 38.0 Å². The molecule has 0 aliphatic heterocycles. The van der Waals surface area contributed by atoms with Crippen LogP contribution in [0.5, 0.6) is 0 Å². The summed E-state index contributed by atoms with van der Waals surface area (Å²) in [4.78, 5) is 0. The van der Waals surface area contributed by atoms with Crippen LogP contribution >= 0.6 is 27.5 Å². The number of benzene rings is 2. The number of nitrogen functional groups attached to an aromatic ring is 1. The van der Waals surface area contributed by atoms with Gasteiger partial charge in [0.2, 0.25) is 0 Å². The van der Waals surface area contributed by atoms with E-state index in [2.05, 4.69) is 21.2 Å². The third-order valence-electron chi connectivity index (χ3n) is 2.19. The molecule has 0 heterocycles. The molecule has 2 aromatic rings. The number of halogens is 3. The van der Waals surface area contributed by atoms with E-state index in [9.17, 15) is 4.39 Å². The van der Waals surface area contributed by atoms with Gasteiger partial charge in [-0.15, -0.1) is 0 Å². The summed E-state index contributed by atoms with van der Waals surface area (Å²) in [5.41, 5.74) is 7.11. The second kappa shape index (κ2) is 4.94. The summed E-state index contributed by atoms with van der Waals surface area (Å²) in [5, 5.41) is 3.36. The Balaban J connectivity index is 2.34. The van der Waals surface area contributed by atoms with E-state index in [1.54, 1.807) is 30.3 Å². The molecule has 0 aromatic heterocycles. The molecule has 0 spiro atoms. The molecule has 0 saturated carbocycles. The Morgan fingerprint density at radius 3 is 2.59 bits per heavy atom. The standard InChI is InChI=1S/C12H9BrClFN2/c13-7-1-3-10(15)12(5-7)17-11-4-2-8(16)6-9(11)14/h1-6,17H,16H2. The molecule has 2 nitrogen and oxygen atoms in total. The van der Waals surface area contributed by atoms with Crippen LogP contribution in [0.1, 0.15) is 0 Å². The maximum Gasteiger partial charge on any atom is 0.146 e. The van der Waals surface area contributed by atoms with E-state index < -0.39 is 0 Å². The molecule has 0 radical (unpaired) electrons. The smallest absolute Gasteiger partial charge is 0.146 e. The molecule has 0 aliphatic rings. The lowest BCUT2D eigenvalue weighted by Crippen LogP contribution is -1.95. The summed E-state index contributed by atoms with van der Waals surface area (Å²) in [6.07, 6.45) is 0.